The Bertz CT molecular complexity index is 848. The summed E-state index contributed by atoms with van der Waals surface area (Å²) in [5.41, 5.74) is 0.982. The van der Waals surface area contributed by atoms with Crippen LogP contribution in [0.5, 0.6) is 11.5 Å². The zero-order chi connectivity index (χ0) is 19.5. The maximum absolute atomic E-state index is 12.6. The number of fused-ring (bicyclic) bond motifs is 1. The van der Waals surface area contributed by atoms with Crippen molar-refractivity contribution in [2.45, 2.75) is 68.9 Å². The van der Waals surface area contributed by atoms with Gasteiger partial charge in [-0.3, -0.25) is 4.79 Å². The predicted octanol–water partition coefficient (Wildman–Crippen LogP) is 3.62. The Balaban J connectivity index is 1.36. The van der Waals surface area contributed by atoms with Gasteiger partial charge in [-0.1, -0.05) is 37.1 Å². The first-order valence-electron chi connectivity index (χ1n) is 9.86. The van der Waals surface area contributed by atoms with E-state index in [2.05, 4.69) is 20.1 Å². The van der Waals surface area contributed by atoms with Gasteiger partial charge in [0.15, 0.2) is 16.7 Å². The van der Waals surface area contributed by atoms with Gasteiger partial charge in [0.05, 0.1) is 5.25 Å². The second-order valence-electron chi connectivity index (χ2n) is 7.36. The molecular formula is C20H26N4O3S. The highest BCUT2D eigenvalue weighted by molar-refractivity contribution is 8.00. The van der Waals surface area contributed by atoms with E-state index < -0.39 is 0 Å². The van der Waals surface area contributed by atoms with E-state index in [1.807, 2.05) is 32.0 Å². The largest absolute Gasteiger partial charge is 0.454 e. The third kappa shape index (κ3) is 4.11. The van der Waals surface area contributed by atoms with Gasteiger partial charge in [-0.05, 0) is 44.4 Å². The van der Waals surface area contributed by atoms with Crippen LogP contribution in [-0.4, -0.2) is 32.7 Å². The maximum atomic E-state index is 12.6. The number of hydrogen-bond acceptors (Lipinski definition) is 6. The van der Waals surface area contributed by atoms with Crippen LogP contribution in [0.15, 0.2) is 23.4 Å². The summed E-state index contributed by atoms with van der Waals surface area (Å²) in [5.74, 6) is 2.39. The van der Waals surface area contributed by atoms with Crippen molar-refractivity contribution < 1.29 is 14.3 Å². The summed E-state index contributed by atoms with van der Waals surface area (Å²) in [7, 11) is 0. The minimum atomic E-state index is -0.250. The summed E-state index contributed by atoms with van der Waals surface area (Å²) >= 11 is 1.48. The number of carbonyl (C=O) groups is 1. The van der Waals surface area contributed by atoms with E-state index in [4.69, 9.17) is 9.47 Å². The fourth-order valence-corrected chi connectivity index (χ4v) is 4.77. The quantitative estimate of drug-likeness (QED) is 0.744. The summed E-state index contributed by atoms with van der Waals surface area (Å²) in [6.45, 7) is 4.61. The first kappa shape index (κ1) is 19.1. The summed E-state index contributed by atoms with van der Waals surface area (Å²) in [4.78, 5) is 12.6. The van der Waals surface area contributed by atoms with E-state index in [0.29, 0.717) is 12.6 Å². The Labute approximate surface area is 169 Å². The van der Waals surface area contributed by atoms with Crippen molar-refractivity contribution in [1.29, 1.82) is 0 Å². The molecule has 0 unspecified atom stereocenters. The highest BCUT2D eigenvalue weighted by atomic mass is 32.2. The number of carbonyl (C=O) groups excluding carboxylic acids is 1. The lowest BCUT2D eigenvalue weighted by molar-refractivity contribution is -0.120. The second-order valence-corrected chi connectivity index (χ2v) is 8.67. The molecule has 1 amide bonds. The van der Waals surface area contributed by atoms with Crippen molar-refractivity contribution >= 4 is 17.7 Å². The molecule has 1 atom stereocenters. The molecule has 2 aromatic rings. The Hall–Kier alpha value is -2.22. The Morgan fingerprint density at radius 3 is 2.86 bits per heavy atom. The van der Waals surface area contributed by atoms with Crippen LogP contribution in [0, 0.1) is 6.92 Å². The fraction of sp³-hybridized carbons (Fsp3) is 0.550. The molecule has 2 aliphatic rings. The summed E-state index contributed by atoms with van der Waals surface area (Å²) in [6.07, 6.45) is 6.13. The molecule has 4 rings (SSSR count). The van der Waals surface area contributed by atoms with Gasteiger partial charge in [0, 0.05) is 12.6 Å². The molecule has 1 N–H and O–H groups in total. The summed E-state index contributed by atoms with van der Waals surface area (Å²) in [6, 6.07) is 6.17. The minimum absolute atomic E-state index is 0.0153. The van der Waals surface area contributed by atoms with Gasteiger partial charge in [0.2, 0.25) is 12.7 Å². The standard InChI is InChI=1S/C20H26N4O3S/c1-13(19(25)21-11-15-8-9-17-18(10-15)27-12-26-17)28-20-23-22-14(2)24(20)16-6-4-3-5-7-16/h8-10,13,16H,3-7,11-12H2,1-2H3,(H,21,25)/t13-/m1/s1. The number of aryl methyl sites for hydroxylation is 1. The molecule has 0 spiro atoms. The Morgan fingerprint density at radius 2 is 2.04 bits per heavy atom. The Kier molecular flexibility index (Phi) is 5.75. The number of ether oxygens (including phenoxy) is 2. The van der Waals surface area contributed by atoms with Gasteiger partial charge in [-0.2, -0.15) is 0 Å². The summed E-state index contributed by atoms with van der Waals surface area (Å²) < 4.78 is 12.9. The number of hydrogen-bond donors (Lipinski definition) is 1. The van der Waals surface area contributed by atoms with Crippen LogP contribution < -0.4 is 14.8 Å². The van der Waals surface area contributed by atoms with E-state index in [-0.39, 0.29) is 18.0 Å². The lowest BCUT2D eigenvalue weighted by atomic mass is 9.95. The second kappa shape index (κ2) is 8.43. The average Bonchev–Trinajstić information content (AvgIpc) is 3.32. The molecule has 1 aromatic carbocycles. The molecule has 7 nitrogen and oxygen atoms in total. The third-order valence-electron chi connectivity index (χ3n) is 5.33. The highest BCUT2D eigenvalue weighted by Gasteiger charge is 2.24. The number of amides is 1. The van der Waals surface area contributed by atoms with Gasteiger partial charge in [0.25, 0.3) is 0 Å². The number of aromatic nitrogens is 3. The minimum Gasteiger partial charge on any atom is -0.454 e. The number of nitrogens with one attached hydrogen (secondary N) is 1. The number of benzene rings is 1. The topological polar surface area (TPSA) is 78.3 Å². The van der Waals surface area contributed by atoms with Crippen LogP contribution >= 0.6 is 11.8 Å². The lowest BCUT2D eigenvalue weighted by Crippen LogP contribution is -2.30. The number of nitrogens with zero attached hydrogens (tertiary/aromatic N) is 3. The van der Waals surface area contributed by atoms with Gasteiger partial charge in [-0.25, -0.2) is 0 Å². The van der Waals surface area contributed by atoms with E-state index in [1.54, 1.807) is 0 Å². The van der Waals surface area contributed by atoms with Crippen molar-refractivity contribution in [2.24, 2.45) is 0 Å². The van der Waals surface area contributed by atoms with Crippen molar-refractivity contribution in [1.82, 2.24) is 20.1 Å². The van der Waals surface area contributed by atoms with Gasteiger partial charge >= 0.3 is 0 Å². The fourth-order valence-electron chi connectivity index (χ4n) is 3.79. The van der Waals surface area contributed by atoms with Crippen LogP contribution in [0.4, 0.5) is 0 Å². The zero-order valence-electron chi connectivity index (χ0n) is 16.3. The van der Waals surface area contributed by atoms with Crippen molar-refractivity contribution in [2.75, 3.05) is 6.79 Å². The molecule has 1 aliphatic heterocycles. The molecule has 1 saturated carbocycles. The van der Waals surface area contributed by atoms with E-state index in [9.17, 15) is 4.79 Å². The first-order chi connectivity index (χ1) is 13.6. The molecular weight excluding hydrogens is 376 g/mol. The normalized spacial score (nSPS) is 17.5. The first-order valence-corrected chi connectivity index (χ1v) is 10.7. The molecule has 28 heavy (non-hydrogen) atoms. The number of rotatable bonds is 6. The highest BCUT2D eigenvalue weighted by Crippen LogP contribution is 2.34. The van der Waals surface area contributed by atoms with Crippen molar-refractivity contribution in [3.8, 4) is 11.5 Å². The molecule has 1 aromatic heterocycles. The van der Waals surface area contributed by atoms with Crippen LogP contribution in [-0.2, 0) is 11.3 Å². The van der Waals surface area contributed by atoms with Gasteiger partial charge in [-0.15, -0.1) is 10.2 Å². The maximum Gasteiger partial charge on any atom is 0.233 e. The van der Waals surface area contributed by atoms with E-state index in [0.717, 1.165) is 40.9 Å². The smallest absolute Gasteiger partial charge is 0.233 e. The molecule has 8 heteroatoms. The van der Waals surface area contributed by atoms with Crippen LogP contribution in [0.3, 0.4) is 0 Å². The van der Waals surface area contributed by atoms with Crippen LogP contribution in [0.2, 0.25) is 0 Å². The van der Waals surface area contributed by atoms with Crippen LogP contribution in [0.25, 0.3) is 0 Å². The molecule has 0 radical (unpaired) electrons. The Morgan fingerprint density at radius 1 is 1.25 bits per heavy atom. The third-order valence-corrected chi connectivity index (χ3v) is 6.39. The molecule has 0 bridgehead atoms. The van der Waals surface area contributed by atoms with E-state index >= 15 is 0 Å². The zero-order valence-corrected chi connectivity index (χ0v) is 17.1. The van der Waals surface area contributed by atoms with Gasteiger partial charge in [0.1, 0.15) is 5.82 Å². The van der Waals surface area contributed by atoms with Crippen molar-refractivity contribution in [3.05, 3.63) is 29.6 Å². The predicted molar refractivity (Wildman–Crippen MR) is 107 cm³/mol. The molecule has 2 heterocycles. The average molecular weight is 403 g/mol. The lowest BCUT2D eigenvalue weighted by Gasteiger charge is -2.25. The van der Waals surface area contributed by atoms with Crippen molar-refractivity contribution in [3.63, 3.8) is 0 Å². The van der Waals surface area contributed by atoms with Gasteiger partial charge < -0.3 is 19.4 Å². The van der Waals surface area contributed by atoms with E-state index in [1.165, 1.54) is 31.0 Å². The SMILES string of the molecule is Cc1nnc(S[C@H](C)C(=O)NCc2ccc3c(c2)OCO3)n1C1CCCCC1. The molecule has 0 saturated heterocycles. The number of thioether (sulfide) groups is 1. The monoisotopic (exact) mass is 402 g/mol. The van der Waals surface area contributed by atoms with Crippen LogP contribution in [0.1, 0.15) is 56.5 Å². The molecule has 150 valence electrons. The summed E-state index contributed by atoms with van der Waals surface area (Å²) in [5, 5.41) is 12.2. The molecule has 1 fully saturated rings. The molecule has 1 aliphatic carbocycles.